The summed E-state index contributed by atoms with van der Waals surface area (Å²) in [6.45, 7) is 6.68. The Morgan fingerprint density at radius 3 is 2.84 bits per heavy atom. The molecule has 5 heterocycles. The van der Waals surface area contributed by atoms with Crippen molar-refractivity contribution in [3.05, 3.63) is 53.5 Å². The Hall–Kier alpha value is -4.01. The average Bonchev–Trinajstić information content (AvgIpc) is 3.44. The summed E-state index contributed by atoms with van der Waals surface area (Å²) in [4.78, 5) is 34.1. The SMILES string of the molecule is C=CC(=O)N1CCN(c2nc(OC[C@@H]3CCCN3C)nc3c(F)c(N4CCCc5cccc(Cl)c54)ncc23)C[C@@H]1CC#N. The number of aryl methyl sites for hydroxylation is 1. The number of ether oxygens (including phenoxy) is 1. The maximum absolute atomic E-state index is 16.6. The number of carbonyl (C=O) groups is 1. The number of hydrogen-bond donors (Lipinski definition) is 0. The quantitative estimate of drug-likeness (QED) is 0.361. The maximum atomic E-state index is 16.6. The topological polar surface area (TPSA) is 102 Å². The molecule has 12 heteroatoms. The van der Waals surface area contributed by atoms with E-state index in [9.17, 15) is 10.1 Å². The number of carbonyl (C=O) groups excluding carboxylic acids is 1. The summed E-state index contributed by atoms with van der Waals surface area (Å²) < 4.78 is 22.7. The summed E-state index contributed by atoms with van der Waals surface area (Å²) in [5.41, 5.74) is 1.91. The molecule has 0 unspecified atom stereocenters. The zero-order chi connectivity index (χ0) is 30.1. The van der Waals surface area contributed by atoms with E-state index >= 15 is 4.39 Å². The fourth-order valence-corrected chi connectivity index (χ4v) is 6.71. The van der Waals surface area contributed by atoms with Crippen molar-refractivity contribution >= 4 is 45.7 Å². The van der Waals surface area contributed by atoms with Gasteiger partial charge < -0.3 is 24.3 Å². The molecule has 43 heavy (non-hydrogen) atoms. The van der Waals surface area contributed by atoms with E-state index in [1.807, 2.05) is 21.9 Å². The lowest BCUT2D eigenvalue weighted by Gasteiger charge is -2.41. The fraction of sp³-hybridized carbons (Fsp3) is 0.452. The van der Waals surface area contributed by atoms with Gasteiger partial charge in [-0.25, -0.2) is 9.37 Å². The Balaban J connectivity index is 1.42. The number of hydrogen-bond acceptors (Lipinski definition) is 9. The van der Waals surface area contributed by atoms with Gasteiger partial charge in [0.05, 0.1) is 34.6 Å². The lowest BCUT2D eigenvalue weighted by molar-refractivity contribution is -0.128. The van der Waals surface area contributed by atoms with Gasteiger partial charge in [-0.1, -0.05) is 30.3 Å². The zero-order valence-corrected chi connectivity index (χ0v) is 24.9. The van der Waals surface area contributed by atoms with Crippen LogP contribution in [0.15, 0.2) is 37.1 Å². The van der Waals surface area contributed by atoms with Gasteiger partial charge in [-0.15, -0.1) is 0 Å². The van der Waals surface area contributed by atoms with Crippen LogP contribution in [-0.2, 0) is 11.2 Å². The Bertz CT molecular complexity index is 1600. The predicted molar refractivity (Wildman–Crippen MR) is 163 cm³/mol. The predicted octanol–water partition coefficient (Wildman–Crippen LogP) is 4.49. The number of para-hydroxylation sites is 1. The third kappa shape index (κ3) is 5.57. The molecule has 0 spiro atoms. The van der Waals surface area contributed by atoms with E-state index in [4.69, 9.17) is 21.3 Å². The van der Waals surface area contributed by atoms with E-state index in [0.29, 0.717) is 49.0 Å². The second-order valence-electron chi connectivity index (χ2n) is 11.3. The minimum atomic E-state index is -0.578. The van der Waals surface area contributed by atoms with Crippen molar-refractivity contribution < 1.29 is 13.9 Å². The number of benzene rings is 1. The number of amides is 1. The van der Waals surface area contributed by atoms with Gasteiger partial charge in [-0.3, -0.25) is 4.79 Å². The number of likely N-dealkylation sites (N-methyl/N-ethyl adjacent to an activating group) is 1. The fourth-order valence-electron chi connectivity index (χ4n) is 6.42. The number of nitriles is 1. The Morgan fingerprint density at radius 2 is 2.07 bits per heavy atom. The molecular weight excluding hydrogens is 571 g/mol. The first-order valence-corrected chi connectivity index (χ1v) is 15.1. The molecule has 0 bridgehead atoms. The molecule has 1 aromatic carbocycles. The van der Waals surface area contributed by atoms with Crippen LogP contribution < -0.4 is 14.5 Å². The van der Waals surface area contributed by atoms with Crippen LogP contribution in [0.2, 0.25) is 5.02 Å². The van der Waals surface area contributed by atoms with E-state index < -0.39 is 5.82 Å². The highest BCUT2D eigenvalue weighted by Gasteiger charge is 2.33. The number of nitrogens with zero attached hydrogens (tertiary/aromatic N) is 8. The molecule has 0 N–H and O–H groups in total. The van der Waals surface area contributed by atoms with Gasteiger partial charge in [0.25, 0.3) is 0 Å². The molecular formula is C31H34ClFN8O2. The molecule has 6 rings (SSSR count). The van der Waals surface area contributed by atoms with Gasteiger partial charge in [-0.2, -0.15) is 15.2 Å². The summed E-state index contributed by atoms with van der Waals surface area (Å²) in [5.74, 6) is -0.194. The summed E-state index contributed by atoms with van der Waals surface area (Å²) in [5, 5.41) is 10.5. The number of anilines is 3. The lowest BCUT2D eigenvalue weighted by Crippen LogP contribution is -2.55. The van der Waals surface area contributed by atoms with Crippen LogP contribution in [0.25, 0.3) is 10.9 Å². The van der Waals surface area contributed by atoms with E-state index in [2.05, 4.69) is 34.6 Å². The van der Waals surface area contributed by atoms with Gasteiger partial charge in [0.2, 0.25) is 5.91 Å². The van der Waals surface area contributed by atoms with E-state index in [0.717, 1.165) is 43.5 Å². The Labute approximate surface area is 255 Å². The van der Waals surface area contributed by atoms with E-state index in [1.54, 1.807) is 17.2 Å². The first kappa shape index (κ1) is 29.1. The van der Waals surface area contributed by atoms with Gasteiger partial charge in [-0.05, 0) is 57.0 Å². The monoisotopic (exact) mass is 604 g/mol. The second kappa shape index (κ2) is 12.3. The molecule has 2 aromatic heterocycles. The summed E-state index contributed by atoms with van der Waals surface area (Å²) in [6, 6.07) is 7.82. The summed E-state index contributed by atoms with van der Waals surface area (Å²) >= 11 is 6.60. The highest BCUT2D eigenvalue weighted by atomic mass is 35.5. The van der Waals surface area contributed by atoms with Crippen LogP contribution >= 0.6 is 11.6 Å². The molecule has 3 aliphatic rings. The van der Waals surface area contributed by atoms with Crippen molar-refractivity contribution in [2.45, 2.75) is 44.2 Å². The van der Waals surface area contributed by atoms with Gasteiger partial charge in [0.1, 0.15) is 17.9 Å². The van der Waals surface area contributed by atoms with E-state index in [-0.39, 0.29) is 41.8 Å². The first-order chi connectivity index (χ1) is 20.9. The van der Waals surface area contributed by atoms with Crippen molar-refractivity contribution in [1.82, 2.24) is 24.8 Å². The van der Waals surface area contributed by atoms with Crippen LogP contribution in [0.5, 0.6) is 6.01 Å². The number of likely N-dealkylation sites (tertiary alicyclic amines) is 1. The third-order valence-corrected chi connectivity index (χ3v) is 9.00. The first-order valence-electron chi connectivity index (χ1n) is 14.7. The van der Waals surface area contributed by atoms with Crippen molar-refractivity contribution in [1.29, 1.82) is 5.26 Å². The summed E-state index contributed by atoms with van der Waals surface area (Å²) in [6.07, 6.45) is 6.78. The molecule has 2 saturated heterocycles. The van der Waals surface area contributed by atoms with Crippen LogP contribution in [0, 0.1) is 17.1 Å². The van der Waals surface area contributed by atoms with Gasteiger partial charge in [0.15, 0.2) is 11.6 Å². The van der Waals surface area contributed by atoms with Gasteiger partial charge in [0, 0.05) is 38.4 Å². The standard InChI is InChI=1S/C31H34ClFN8O2/c1-3-25(42)40-16-15-39(18-21(40)11-12-34)29-23-17-35-30(41-14-5-8-20-7-4-10-24(32)28(20)41)26(33)27(23)36-31(37-29)43-19-22-9-6-13-38(22)2/h3-4,7,10,17,21-22H,1,5-6,8-9,11,13-16,18-19H2,2H3/t21-,22-/m0/s1. The average molecular weight is 605 g/mol. The molecule has 3 aromatic rings. The lowest BCUT2D eigenvalue weighted by atomic mass is 10.0. The molecule has 0 saturated carbocycles. The smallest absolute Gasteiger partial charge is 0.319 e. The number of halogens is 2. The zero-order valence-electron chi connectivity index (χ0n) is 24.2. The number of piperazine rings is 1. The minimum absolute atomic E-state index is 0.0809. The molecule has 224 valence electrons. The normalized spacial score (nSPS) is 20.7. The van der Waals surface area contributed by atoms with Crippen molar-refractivity contribution in [3.63, 3.8) is 0 Å². The largest absolute Gasteiger partial charge is 0.462 e. The molecule has 2 atom stereocenters. The molecule has 0 aliphatic carbocycles. The number of fused-ring (bicyclic) bond motifs is 2. The maximum Gasteiger partial charge on any atom is 0.319 e. The van der Waals surface area contributed by atoms with Crippen LogP contribution in [0.4, 0.5) is 21.7 Å². The molecule has 3 aliphatic heterocycles. The van der Waals surface area contributed by atoms with Crippen molar-refractivity contribution in [2.24, 2.45) is 0 Å². The number of pyridine rings is 1. The van der Waals surface area contributed by atoms with Crippen LogP contribution in [-0.4, -0.2) is 89.1 Å². The molecule has 1 amide bonds. The third-order valence-electron chi connectivity index (χ3n) is 8.69. The second-order valence-corrected chi connectivity index (χ2v) is 11.7. The number of rotatable bonds is 7. The van der Waals surface area contributed by atoms with Gasteiger partial charge >= 0.3 is 6.01 Å². The molecule has 2 fully saturated rings. The van der Waals surface area contributed by atoms with Crippen LogP contribution in [0.3, 0.4) is 0 Å². The summed E-state index contributed by atoms with van der Waals surface area (Å²) in [7, 11) is 2.06. The Morgan fingerprint density at radius 1 is 1.21 bits per heavy atom. The Kier molecular flexibility index (Phi) is 8.32. The highest BCUT2D eigenvalue weighted by molar-refractivity contribution is 6.33. The van der Waals surface area contributed by atoms with E-state index in [1.165, 1.54) is 6.08 Å². The number of aromatic nitrogens is 3. The highest BCUT2D eigenvalue weighted by Crippen LogP contribution is 2.41. The minimum Gasteiger partial charge on any atom is -0.462 e. The van der Waals surface area contributed by atoms with Crippen molar-refractivity contribution in [3.8, 4) is 12.1 Å². The van der Waals surface area contributed by atoms with Crippen LogP contribution in [0.1, 0.15) is 31.2 Å². The molecule has 0 radical (unpaired) electrons. The molecule has 10 nitrogen and oxygen atoms in total. The van der Waals surface area contributed by atoms with Crippen molar-refractivity contribution in [2.75, 3.05) is 56.2 Å².